The molecule has 0 unspecified atom stereocenters. The summed E-state index contributed by atoms with van der Waals surface area (Å²) in [7, 11) is -2.73. The zero-order chi connectivity index (χ0) is 30.0. The van der Waals surface area contributed by atoms with Crippen molar-refractivity contribution in [1.82, 2.24) is 10.2 Å². The molecular weight excluding hydrogens is 548 g/mol. The fourth-order valence-corrected chi connectivity index (χ4v) is 5.47. The molecule has 0 aliphatic rings. The first-order chi connectivity index (χ1) is 19.6. The van der Waals surface area contributed by atoms with Crippen molar-refractivity contribution in [3.63, 3.8) is 0 Å². The van der Waals surface area contributed by atoms with Crippen LogP contribution in [0.15, 0.2) is 83.8 Å². The highest BCUT2D eigenvalue weighted by atomic mass is 32.2. The van der Waals surface area contributed by atoms with Crippen molar-refractivity contribution < 1.29 is 27.7 Å². The molecule has 0 aliphatic heterocycles. The van der Waals surface area contributed by atoms with Crippen LogP contribution in [0.5, 0.6) is 5.75 Å². The number of rotatable bonds is 14. The van der Waals surface area contributed by atoms with Gasteiger partial charge in [-0.15, -0.1) is 0 Å². The summed E-state index contributed by atoms with van der Waals surface area (Å²) >= 11 is 0. The maximum atomic E-state index is 13.9. The number of hydrogen-bond donors (Lipinski definition) is 1. The van der Waals surface area contributed by atoms with Gasteiger partial charge in [-0.2, -0.15) is 0 Å². The monoisotopic (exact) mass is 582 g/mol. The maximum Gasteiger partial charge on any atom is 0.269 e. The fourth-order valence-electron chi connectivity index (χ4n) is 4.04. The van der Waals surface area contributed by atoms with Crippen LogP contribution in [0.25, 0.3) is 0 Å². The number of benzene rings is 3. The minimum absolute atomic E-state index is 0.0324. The first-order valence-electron chi connectivity index (χ1n) is 13.1. The van der Waals surface area contributed by atoms with Crippen LogP contribution in [0.2, 0.25) is 0 Å². The average Bonchev–Trinajstić information content (AvgIpc) is 2.99. The zero-order valence-electron chi connectivity index (χ0n) is 23.2. The molecule has 1 N–H and O–H groups in total. The van der Waals surface area contributed by atoms with Gasteiger partial charge in [-0.05, 0) is 55.3 Å². The summed E-state index contributed by atoms with van der Waals surface area (Å²) in [5.41, 5.74) is 0.549. The highest BCUT2D eigenvalue weighted by Gasteiger charge is 2.32. The summed E-state index contributed by atoms with van der Waals surface area (Å²) in [6.07, 6.45) is 1.65. The van der Waals surface area contributed by atoms with Crippen LogP contribution >= 0.6 is 0 Å². The molecule has 218 valence electrons. The van der Waals surface area contributed by atoms with Crippen LogP contribution in [0, 0.1) is 10.1 Å². The van der Waals surface area contributed by atoms with E-state index in [4.69, 9.17) is 4.74 Å². The van der Waals surface area contributed by atoms with E-state index in [1.807, 2.05) is 6.92 Å². The SMILES string of the molecule is CCCCNC(=O)[C@H](C)N(Cc1ccc(OC)cc1)C(=O)CN(c1ccc([N+](=O)[O-])cc1)S(=O)(=O)c1ccccc1. The first-order valence-corrected chi connectivity index (χ1v) is 14.5. The summed E-state index contributed by atoms with van der Waals surface area (Å²) in [5, 5.41) is 14.0. The molecule has 0 bridgehead atoms. The lowest BCUT2D eigenvalue weighted by molar-refractivity contribution is -0.384. The lowest BCUT2D eigenvalue weighted by Crippen LogP contribution is -2.51. The zero-order valence-corrected chi connectivity index (χ0v) is 24.0. The number of sulfonamides is 1. The fraction of sp³-hybridized carbons (Fsp3) is 0.310. The number of nitrogens with one attached hydrogen (secondary N) is 1. The third-order valence-corrected chi connectivity index (χ3v) is 8.26. The van der Waals surface area contributed by atoms with Crippen molar-refractivity contribution >= 4 is 33.2 Å². The summed E-state index contributed by atoms with van der Waals surface area (Å²) in [6, 6.07) is 18.5. The normalized spacial score (nSPS) is 11.8. The Balaban J connectivity index is 2.00. The van der Waals surface area contributed by atoms with Crippen molar-refractivity contribution in [2.75, 3.05) is 24.5 Å². The average molecular weight is 583 g/mol. The summed E-state index contributed by atoms with van der Waals surface area (Å²) in [6.45, 7) is 3.42. The number of carbonyl (C=O) groups excluding carboxylic acids is 2. The van der Waals surface area contributed by atoms with E-state index in [1.54, 1.807) is 49.4 Å². The lowest BCUT2D eigenvalue weighted by atomic mass is 10.1. The predicted octanol–water partition coefficient (Wildman–Crippen LogP) is 4.13. The number of nitro benzene ring substituents is 1. The molecule has 0 aromatic heterocycles. The number of nitro groups is 1. The highest BCUT2D eigenvalue weighted by molar-refractivity contribution is 7.92. The van der Waals surface area contributed by atoms with E-state index in [-0.39, 0.29) is 28.7 Å². The van der Waals surface area contributed by atoms with Gasteiger partial charge in [-0.25, -0.2) is 8.42 Å². The molecule has 0 radical (unpaired) electrons. The molecule has 3 aromatic carbocycles. The summed E-state index contributed by atoms with van der Waals surface area (Å²) < 4.78 is 33.6. The van der Waals surface area contributed by atoms with Crippen molar-refractivity contribution in [3.8, 4) is 5.75 Å². The van der Waals surface area contributed by atoms with Gasteiger partial charge in [-0.3, -0.25) is 24.0 Å². The molecule has 1 atom stereocenters. The van der Waals surface area contributed by atoms with Gasteiger partial charge in [0, 0.05) is 25.2 Å². The van der Waals surface area contributed by atoms with Crippen LogP contribution in [0.3, 0.4) is 0 Å². The van der Waals surface area contributed by atoms with Gasteiger partial charge >= 0.3 is 0 Å². The molecule has 0 aliphatic carbocycles. The van der Waals surface area contributed by atoms with Gasteiger partial charge in [-0.1, -0.05) is 43.7 Å². The molecular formula is C29H34N4O7S. The first kappa shape index (κ1) is 31.1. The Morgan fingerprint density at radius 2 is 1.63 bits per heavy atom. The number of nitrogens with zero attached hydrogens (tertiary/aromatic N) is 3. The molecule has 3 aromatic rings. The highest BCUT2D eigenvalue weighted by Crippen LogP contribution is 2.26. The van der Waals surface area contributed by atoms with Gasteiger partial charge in [0.1, 0.15) is 18.3 Å². The lowest BCUT2D eigenvalue weighted by Gasteiger charge is -2.32. The minimum atomic E-state index is -4.26. The summed E-state index contributed by atoms with van der Waals surface area (Å²) in [5.74, 6) is -0.375. The van der Waals surface area contributed by atoms with Crippen LogP contribution in [-0.2, 0) is 26.2 Å². The molecule has 41 heavy (non-hydrogen) atoms. The topological polar surface area (TPSA) is 139 Å². The van der Waals surface area contributed by atoms with E-state index in [9.17, 15) is 28.1 Å². The number of carbonyl (C=O) groups is 2. The number of methoxy groups -OCH3 is 1. The van der Waals surface area contributed by atoms with Crippen LogP contribution in [0.1, 0.15) is 32.3 Å². The Bertz CT molecular complexity index is 1430. The van der Waals surface area contributed by atoms with Crippen LogP contribution < -0.4 is 14.4 Å². The Labute approximate surface area is 239 Å². The standard InChI is InChI=1S/C29H34N4O7S/c1-4-5-19-30-29(35)22(2)31(20-23-11-17-26(40-3)18-12-23)28(34)21-32(24-13-15-25(16-14-24)33(36)37)41(38,39)27-9-7-6-8-10-27/h6-18,22H,4-5,19-21H2,1-3H3,(H,30,35)/t22-/m0/s1. The number of unbranched alkanes of at least 4 members (excludes halogenated alkanes) is 1. The van der Waals surface area contributed by atoms with Gasteiger partial charge in [0.15, 0.2) is 0 Å². The third-order valence-electron chi connectivity index (χ3n) is 6.47. The van der Waals surface area contributed by atoms with E-state index in [2.05, 4.69) is 5.32 Å². The van der Waals surface area contributed by atoms with Gasteiger partial charge in [0.25, 0.3) is 15.7 Å². The molecule has 0 fully saturated rings. The Morgan fingerprint density at radius 1 is 1.00 bits per heavy atom. The molecule has 0 heterocycles. The van der Waals surface area contributed by atoms with Gasteiger partial charge < -0.3 is 15.0 Å². The second-order valence-electron chi connectivity index (χ2n) is 9.29. The molecule has 11 nitrogen and oxygen atoms in total. The second kappa shape index (κ2) is 14.3. The van der Waals surface area contributed by atoms with Gasteiger partial charge in [0.2, 0.25) is 11.8 Å². The number of non-ortho nitro benzene ring substituents is 1. The second-order valence-corrected chi connectivity index (χ2v) is 11.2. The third kappa shape index (κ3) is 8.04. The number of amides is 2. The molecule has 0 spiro atoms. The Morgan fingerprint density at radius 3 is 2.20 bits per heavy atom. The maximum absolute atomic E-state index is 13.9. The largest absolute Gasteiger partial charge is 0.497 e. The van der Waals surface area contributed by atoms with E-state index in [1.165, 1.54) is 48.4 Å². The van der Waals surface area contributed by atoms with Crippen molar-refractivity contribution in [2.45, 2.75) is 44.2 Å². The number of hydrogen-bond acceptors (Lipinski definition) is 7. The number of anilines is 1. The molecule has 12 heteroatoms. The van der Waals surface area contributed by atoms with Crippen molar-refractivity contribution in [1.29, 1.82) is 0 Å². The number of ether oxygens (including phenoxy) is 1. The molecule has 0 saturated carbocycles. The van der Waals surface area contributed by atoms with Crippen LogP contribution in [0.4, 0.5) is 11.4 Å². The molecule has 0 saturated heterocycles. The predicted molar refractivity (Wildman–Crippen MR) is 155 cm³/mol. The molecule has 3 rings (SSSR count). The summed E-state index contributed by atoms with van der Waals surface area (Å²) in [4.78, 5) is 38.7. The van der Waals surface area contributed by atoms with Crippen molar-refractivity contribution in [3.05, 3.63) is 94.5 Å². The molecule has 2 amide bonds. The van der Waals surface area contributed by atoms with E-state index in [0.717, 1.165) is 17.1 Å². The minimum Gasteiger partial charge on any atom is -0.497 e. The van der Waals surface area contributed by atoms with Crippen molar-refractivity contribution in [2.24, 2.45) is 0 Å². The van der Waals surface area contributed by atoms with E-state index in [0.29, 0.717) is 17.9 Å². The van der Waals surface area contributed by atoms with Gasteiger partial charge in [0.05, 0.1) is 22.6 Å². The van der Waals surface area contributed by atoms with E-state index >= 15 is 0 Å². The smallest absolute Gasteiger partial charge is 0.269 e. The Hall–Kier alpha value is -4.45. The van der Waals surface area contributed by atoms with E-state index < -0.39 is 33.4 Å². The quantitative estimate of drug-likeness (QED) is 0.171. The van der Waals surface area contributed by atoms with Crippen LogP contribution in [-0.4, -0.2) is 56.3 Å². The Kier molecular flexibility index (Phi) is 10.8.